The van der Waals surface area contributed by atoms with E-state index in [1.807, 2.05) is 37.5 Å². The summed E-state index contributed by atoms with van der Waals surface area (Å²) in [6, 6.07) is 17.9. The number of amides is 1. The van der Waals surface area contributed by atoms with Gasteiger partial charge in [0.15, 0.2) is 0 Å². The van der Waals surface area contributed by atoms with Crippen LogP contribution in [-0.2, 0) is 0 Å². The molecule has 0 saturated heterocycles. The fraction of sp³-hybridized carbons (Fsp3) is 0.160. The third kappa shape index (κ3) is 2.68. The minimum Gasteiger partial charge on any atom is -0.346 e. The summed E-state index contributed by atoms with van der Waals surface area (Å²) < 4.78 is 0. The number of H-pyrrole nitrogens is 1. The summed E-state index contributed by atoms with van der Waals surface area (Å²) in [4.78, 5) is 20.7. The van der Waals surface area contributed by atoms with Crippen molar-refractivity contribution in [3.05, 3.63) is 89.2 Å². The first-order chi connectivity index (χ1) is 15.6. The van der Waals surface area contributed by atoms with E-state index in [1.165, 1.54) is 0 Å². The summed E-state index contributed by atoms with van der Waals surface area (Å²) in [5.41, 5.74) is 13.3. The molecule has 2 aromatic carbocycles. The molecule has 3 atom stereocenters. The number of hydrogen-bond donors (Lipinski definition) is 3. The maximum absolute atomic E-state index is 13.4. The van der Waals surface area contributed by atoms with Gasteiger partial charge in [0.25, 0.3) is 5.91 Å². The van der Waals surface area contributed by atoms with Crippen LogP contribution in [0.25, 0.3) is 22.2 Å². The molecule has 1 aliphatic heterocycles. The van der Waals surface area contributed by atoms with Crippen molar-refractivity contribution >= 4 is 23.2 Å². The largest absolute Gasteiger partial charge is 0.346 e. The first-order valence-corrected chi connectivity index (χ1v) is 10.6. The van der Waals surface area contributed by atoms with Gasteiger partial charge in [-0.15, -0.1) is 0 Å². The van der Waals surface area contributed by atoms with E-state index in [-0.39, 0.29) is 24.0 Å². The van der Waals surface area contributed by atoms with Gasteiger partial charge in [0.1, 0.15) is 11.8 Å². The van der Waals surface area contributed by atoms with Crippen LogP contribution < -0.4 is 11.1 Å². The lowest BCUT2D eigenvalue weighted by Gasteiger charge is -2.22. The number of likely N-dealkylation sites (N-methyl/N-ethyl adjacent to an activating group) is 1. The average molecular weight is 422 g/mol. The molecule has 3 unspecified atom stereocenters. The first-order valence-electron chi connectivity index (χ1n) is 10.6. The van der Waals surface area contributed by atoms with Crippen LogP contribution in [0.15, 0.2) is 72.1 Å². The van der Waals surface area contributed by atoms with Crippen LogP contribution in [0.1, 0.15) is 39.0 Å². The van der Waals surface area contributed by atoms with Crippen molar-refractivity contribution in [3.63, 3.8) is 0 Å². The van der Waals surface area contributed by atoms with Gasteiger partial charge in [0.05, 0.1) is 17.5 Å². The van der Waals surface area contributed by atoms with Gasteiger partial charge >= 0.3 is 0 Å². The monoisotopic (exact) mass is 422 g/mol. The lowest BCUT2D eigenvalue weighted by Crippen LogP contribution is -2.36. The number of nitrogens with one attached hydrogen (secondary N) is 2. The number of carbonyl (C=O) groups is 1. The second-order valence-corrected chi connectivity index (χ2v) is 8.26. The Bertz CT molecular complexity index is 1390. The average Bonchev–Trinajstić information content (AvgIpc) is 3.51. The predicted molar refractivity (Wildman–Crippen MR) is 124 cm³/mol. The van der Waals surface area contributed by atoms with E-state index in [1.54, 1.807) is 23.5 Å². The number of benzene rings is 2. The summed E-state index contributed by atoms with van der Waals surface area (Å²) in [5, 5.41) is 10.3. The molecule has 1 amide bonds. The quantitative estimate of drug-likeness (QED) is 0.471. The normalized spacial score (nSPS) is 21.1. The molecule has 7 nitrogen and oxygen atoms in total. The molecule has 2 aromatic heterocycles. The smallest absolute Gasteiger partial charge is 0.252 e. The fourth-order valence-electron chi connectivity index (χ4n) is 4.92. The van der Waals surface area contributed by atoms with Crippen LogP contribution in [0.3, 0.4) is 0 Å². The molecule has 0 fully saturated rings. The Morgan fingerprint density at radius 3 is 2.72 bits per heavy atom. The third-order valence-electron chi connectivity index (χ3n) is 6.53. The number of aromatic amines is 1. The molecule has 4 N–H and O–H groups in total. The fourth-order valence-corrected chi connectivity index (χ4v) is 4.92. The topological polar surface area (TPSA) is 99.4 Å². The Morgan fingerprint density at radius 2 is 1.88 bits per heavy atom. The van der Waals surface area contributed by atoms with Gasteiger partial charge in [-0.2, -0.15) is 5.10 Å². The van der Waals surface area contributed by atoms with Gasteiger partial charge in [-0.05, 0) is 39.9 Å². The molecule has 2 aliphatic rings. The SMILES string of the molecule is CN1N=CC(c2cccc3c2-c2ccccc2C3NC(=O)c2ccnc3[nH]ccc23)C1N. The Balaban J connectivity index is 1.45. The van der Waals surface area contributed by atoms with E-state index in [0.29, 0.717) is 11.2 Å². The molecular weight excluding hydrogens is 400 g/mol. The van der Waals surface area contributed by atoms with Gasteiger partial charge in [0.2, 0.25) is 0 Å². The first kappa shape index (κ1) is 18.8. The van der Waals surface area contributed by atoms with E-state index >= 15 is 0 Å². The van der Waals surface area contributed by atoms with Crippen molar-refractivity contribution in [1.82, 2.24) is 20.3 Å². The highest BCUT2D eigenvalue weighted by molar-refractivity contribution is 6.06. The van der Waals surface area contributed by atoms with Gasteiger partial charge in [-0.25, -0.2) is 4.98 Å². The van der Waals surface area contributed by atoms with Crippen LogP contribution in [0, 0.1) is 0 Å². The number of hydrazone groups is 1. The summed E-state index contributed by atoms with van der Waals surface area (Å²) >= 11 is 0. The molecule has 1 aliphatic carbocycles. The maximum atomic E-state index is 13.4. The van der Waals surface area contributed by atoms with Crippen molar-refractivity contribution in [1.29, 1.82) is 0 Å². The number of nitrogens with zero attached hydrogens (tertiary/aromatic N) is 3. The standard InChI is InChI=1S/C25H22N6O/c1-31-23(26)20(13-29-31)15-7-4-8-19-21(15)14-5-2-3-6-16(14)22(19)30-25(32)18-10-12-28-24-17(18)9-11-27-24/h2-13,20,22-23H,26H2,1H3,(H,27,28)(H,30,32). The van der Waals surface area contributed by atoms with Crippen LogP contribution in [0.4, 0.5) is 0 Å². The van der Waals surface area contributed by atoms with Gasteiger partial charge in [0, 0.05) is 31.0 Å². The summed E-state index contributed by atoms with van der Waals surface area (Å²) in [5.74, 6) is -0.147. The van der Waals surface area contributed by atoms with Crippen LogP contribution >= 0.6 is 0 Å². The Labute approximate surface area is 185 Å². The van der Waals surface area contributed by atoms with E-state index < -0.39 is 0 Å². The Morgan fingerprint density at radius 1 is 1.06 bits per heavy atom. The molecular formula is C25H22N6O. The van der Waals surface area contributed by atoms with E-state index in [4.69, 9.17) is 5.73 Å². The number of hydrogen-bond acceptors (Lipinski definition) is 5. The number of pyridine rings is 1. The molecule has 0 radical (unpaired) electrons. The van der Waals surface area contributed by atoms with Crippen molar-refractivity contribution in [2.75, 3.05) is 7.05 Å². The third-order valence-corrected chi connectivity index (χ3v) is 6.53. The van der Waals surface area contributed by atoms with Crippen LogP contribution in [-0.4, -0.2) is 40.3 Å². The molecule has 0 saturated carbocycles. The van der Waals surface area contributed by atoms with E-state index in [2.05, 4.69) is 44.7 Å². The summed E-state index contributed by atoms with van der Waals surface area (Å²) in [6.07, 6.45) is 5.14. The minimum atomic E-state index is -0.247. The second kappa shape index (κ2) is 7.03. The van der Waals surface area contributed by atoms with E-state index in [9.17, 15) is 4.79 Å². The lowest BCUT2D eigenvalue weighted by molar-refractivity contribution is 0.0945. The van der Waals surface area contributed by atoms with Crippen molar-refractivity contribution in [3.8, 4) is 11.1 Å². The van der Waals surface area contributed by atoms with Crippen molar-refractivity contribution in [2.24, 2.45) is 10.8 Å². The zero-order valence-electron chi connectivity index (χ0n) is 17.5. The zero-order chi connectivity index (χ0) is 21.8. The minimum absolute atomic E-state index is 0.0165. The predicted octanol–water partition coefficient (Wildman–Crippen LogP) is 3.36. The summed E-state index contributed by atoms with van der Waals surface area (Å²) in [7, 11) is 1.89. The number of nitrogens with two attached hydrogens (primary N) is 1. The molecule has 0 spiro atoms. The number of fused-ring (bicyclic) bond motifs is 4. The van der Waals surface area contributed by atoms with E-state index in [0.717, 1.165) is 33.2 Å². The number of rotatable bonds is 3. The Hall–Kier alpha value is -3.97. The van der Waals surface area contributed by atoms with Gasteiger partial charge < -0.3 is 16.0 Å². The van der Waals surface area contributed by atoms with Crippen LogP contribution in [0.2, 0.25) is 0 Å². The van der Waals surface area contributed by atoms with Crippen molar-refractivity contribution in [2.45, 2.75) is 18.1 Å². The highest BCUT2D eigenvalue weighted by Gasteiger charge is 2.36. The zero-order valence-corrected chi connectivity index (χ0v) is 17.5. The highest BCUT2D eigenvalue weighted by atomic mass is 16.1. The molecule has 32 heavy (non-hydrogen) atoms. The molecule has 0 bridgehead atoms. The van der Waals surface area contributed by atoms with Gasteiger partial charge in [-0.3, -0.25) is 9.80 Å². The highest BCUT2D eigenvalue weighted by Crippen LogP contribution is 2.47. The molecule has 158 valence electrons. The second-order valence-electron chi connectivity index (χ2n) is 8.26. The molecule has 4 aromatic rings. The molecule has 7 heteroatoms. The molecule has 3 heterocycles. The maximum Gasteiger partial charge on any atom is 0.252 e. The number of carbonyl (C=O) groups excluding carboxylic acids is 1. The van der Waals surface area contributed by atoms with Crippen LogP contribution in [0.5, 0.6) is 0 Å². The van der Waals surface area contributed by atoms with Crippen molar-refractivity contribution < 1.29 is 4.79 Å². The lowest BCUT2D eigenvalue weighted by atomic mass is 9.89. The summed E-state index contributed by atoms with van der Waals surface area (Å²) in [6.45, 7) is 0. The molecule has 6 rings (SSSR count). The number of aromatic nitrogens is 2. The van der Waals surface area contributed by atoms with Gasteiger partial charge in [-0.1, -0.05) is 42.5 Å². The Kier molecular flexibility index (Phi) is 4.13.